The maximum Gasteiger partial charge on any atom is 0.338 e. The second-order valence-electron chi connectivity index (χ2n) is 6.04. The molecule has 0 saturated carbocycles. The van der Waals surface area contributed by atoms with E-state index in [1.807, 2.05) is 0 Å². The molecule has 1 atom stereocenters. The number of rotatable bonds is 4. The number of hydrogen-bond donors (Lipinski definition) is 1. The van der Waals surface area contributed by atoms with E-state index in [2.05, 4.69) is 5.32 Å². The molecular weight excluding hydrogens is 389 g/mol. The van der Waals surface area contributed by atoms with Crippen LogP contribution >= 0.6 is 12.2 Å². The number of carbonyl (C=O) groups excluding carboxylic acids is 1. The van der Waals surface area contributed by atoms with Crippen LogP contribution in [0.5, 0.6) is 0 Å². The highest BCUT2D eigenvalue weighted by molar-refractivity contribution is 7.80. The fourth-order valence-electron chi connectivity index (χ4n) is 3.23. The van der Waals surface area contributed by atoms with E-state index in [1.54, 1.807) is 6.92 Å². The normalized spacial score (nSPS) is 16.8. The van der Waals surface area contributed by atoms with E-state index < -0.39 is 29.5 Å². The van der Waals surface area contributed by atoms with Crippen molar-refractivity contribution in [1.82, 2.24) is 5.32 Å². The Bertz CT molecular complexity index is 940. The molecular formula is C20H17F3N2O2S. The Balaban J connectivity index is 2.24. The molecule has 1 aliphatic rings. The molecule has 1 N–H and O–H groups in total. The van der Waals surface area contributed by atoms with Crippen LogP contribution < -0.4 is 10.2 Å². The largest absolute Gasteiger partial charge is 0.466 e. The van der Waals surface area contributed by atoms with Gasteiger partial charge in [0.05, 0.1) is 24.3 Å². The number of methoxy groups -OCH3 is 1. The van der Waals surface area contributed by atoms with Gasteiger partial charge in [0.25, 0.3) is 0 Å². The molecule has 0 fully saturated rings. The monoisotopic (exact) mass is 406 g/mol. The summed E-state index contributed by atoms with van der Waals surface area (Å²) in [5.74, 6) is -2.80. The van der Waals surface area contributed by atoms with Crippen molar-refractivity contribution in [3.8, 4) is 0 Å². The van der Waals surface area contributed by atoms with Gasteiger partial charge in [0.1, 0.15) is 17.5 Å². The third-order valence-corrected chi connectivity index (χ3v) is 4.75. The van der Waals surface area contributed by atoms with Gasteiger partial charge in [-0.15, -0.1) is 0 Å². The van der Waals surface area contributed by atoms with Crippen LogP contribution in [0, 0.1) is 17.5 Å². The second kappa shape index (κ2) is 8.02. The third-order valence-electron chi connectivity index (χ3n) is 4.45. The van der Waals surface area contributed by atoms with Crippen molar-refractivity contribution in [2.45, 2.75) is 19.4 Å². The summed E-state index contributed by atoms with van der Waals surface area (Å²) in [6.45, 7) is 1.78. The number of halogens is 3. The molecule has 0 amide bonds. The van der Waals surface area contributed by atoms with E-state index in [9.17, 15) is 18.0 Å². The SMILES string of the molecule is CCC1=C(C(=O)OC)[C@H](c2c(F)cccc2F)NC(=S)N1c1ccc(F)cc1. The van der Waals surface area contributed by atoms with Gasteiger partial charge in [-0.1, -0.05) is 13.0 Å². The molecule has 0 bridgehead atoms. The summed E-state index contributed by atoms with van der Waals surface area (Å²) in [7, 11) is 1.19. The fourth-order valence-corrected chi connectivity index (χ4v) is 3.56. The summed E-state index contributed by atoms with van der Waals surface area (Å²) >= 11 is 5.41. The van der Waals surface area contributed by atoms with Crippen molar-refractivity contribution < 1.29 is 22.7 Å². The summed E-state index contributed by atoms with van der Waals surface area (Å²) in [6, 6.07) is 7.80. The lowest BCUT2D eigenvalue weighted by Gasteiger charge is -2.38. The molecule has 1 aliphatic heterocycles. The maximum absolute atomic E-state index is 14.4. The first-order valence-corrected chi connectivity index (χ1v) is 8.91. The number of thiocarbonyl (C=S) groups is 1. The Morgan fingerprint density at radius 2 is 1.75 bits per heavy atom. The van der Waals surface area contributed by atoms with Crippen LogP contribution in [0.1, 0.15) is 24.9 Å². The number of carbonyl (C=O) groups is 1. The molecule has 4 nitrogen and oxygen atoms in total. The smallest absolute Gasteiger partial charge is 0.338 e. The van der Waals surface area contributed by atoms with E-state index in [4.69, 9.17) is 17.0 Å². The molecule has 0 saturated heterocycles. The highest BCUT2D eigenvalue weighted by Gasteiger charge is 2.38. The number of esters is 1. The van der Waals surface area contributed by atoms with Crippen LogP contribution in [0.2, 0.25) is 0 Å². The molecule has 8 heteroatoms. The molecule has 0 spiro atoms. The Kier molecular flexibility index (Phi) is 5.69. The molecule has 28 heavy (non-hydrogen) atoms. The van der Waals surface area contributed by atoms with Crippen LogP contribution in [0.15, 0.2) is 53.7 Å². The van der Waals surface area contributed by atoms with Gasteiger partial charge in [-0.3, -0.25) is 4.90 Å². The number of nitrogens with one attached hydrogen (secondary N) is 1. The van der Waals surface area contributed by atoms with E-state index >= 15 is 0 Å². The maximum atomic E-state index is 14.4. The predicted molar refractivity (Wildman–Crippen MR) is 103 cm³/mol. The Morgan fingerprint density at radius 3 is 2.29 bits per heavy atom. The number of nitrogens with zero attached hydrogens (tertiary/aromatic N) is 1. The van der Waals surface area contributed by atoms with Gasteiger partial charge < -0.3 is 10.1 Å². The molecule has 0 unspecified atom stereocenters. The van der Waals surface area contributed by atoms with Crippen LogP contribution in [-0.4, -0.2) is 18.2 Å². The summed E-state index contributed by atoms with van der Waals surface area (Å²) < 4.78 is 47.1. The van der Waals surface area contributed by atoms with Gasteiger partial charge in [0.2, 0.25) is 0 Å². The zero-order valence-electron chi connectivity index (χ0n) is 15.1. The minimum atomic E-state index is -1.16. The van der Waals surface area contributed by atoms with Crippen LogP contribution in [0.4, 0.5) is 18.9 Å². The first-order chi connectivity index (χ1) is 13.4. The molecule has 0 radical (unpaired) electrons. The average Bonchev–Trinajstić information content (AvgIpc) is 2.67. The molecule has 0 aliphatic carbocycles. The number of benzene rings is 2. The van der Waals surface area contributed by atoms with Crippen LogP contribution in [0.25, 0.3) is 0 Å². The van der Waals surface area contributed by atoms with E-state index in [-0.39, 0.29) is 16.2 Å². The molecule has 0 aromatic heterocycles. The van der Waals surface area contributed by atoms with Crippen LogP contribution in [-0.2, 0) is 9.53 Å². The average molecular weight is 406 g/mol. The van der Waals surface area contributed by atoms with Gasteiger partial charge >= 0.3 is 5.97 Å². The first-order valence-electron chi connectivity index (χ1n) is 8.50. The lowest BCUT2D eigenvalue weighted by atomic mass is 9.92. The number of ether oxygens (including phenoxy) is 1. The summed E-state index contributed by atoms with van der Waals surface area (Å²) in [6.07, 6.45) is 0.316. The van der Waals surface area contributed by atoms with Gasteiger partial charge in [-0.2, -0.15) is 0 Å². The molecule has 3 rings (SSSR count). The Labute approximate surface area is 165 Å². The summed E-state index contributed by atoms with van der Waals surface area (Å²) in [5.41, 5.74) is 0.626. The van der Waals surface area contributed by atoms with Crippen molar-refractivity contribution in [1.29, 1.82) is 0 Å². The highest BCUT2D eigenvalue weighted by atomic mass is 32.1. The fraction of sp³-hybridized carbons (Fsp3) is 0.200. The van der Waals surface area contributed by atoms with E-state index in [1.165, 1.54) is 42.3 Å². The lowest BCUT2D eigenvalue weighted by Crippen LogP contribution is -2.49. The quantitative estimate of drug-likeness (QED) is 0.603. The van der Waals surface area contributed by atoms with Crippen LogP contribution in [0.3, 0.4) is 0 Å². The van der Waals surface area contributed by atoms with Crippen molar-refractivity contribution >= 4 is 29.0 Å². The zero-order valence-corrected chi connectivity index (χ0v) is 15.9. The minimum absolute atomic E-state index is 0.0342. The summed E-state index contributed by atoms with van der Waals surface area (Å²) in [5, 5.41) is 2.96. The standard InChI is InChI=1S/C20H17F3N2O2S/c1-3-15-17(19(26)27-2)18(16-13(22)5-4-6-14(16)23)24-20(28)25(15)12-9-7-11(21)8-10-12/h4-10,18H,3H2,1-2H3,(H,24,28)/t18-/m0/s1. The predicted octanol–water partition coefficient (Wildman–Crippen LogP) is 4.38. The molecule has 2 aromatic carbocycles. The van der Waals surface area contributed by atoms with Crippen molar-refractivity contribution in [3.05, 3.63) is 76.7 Å². The van der Waals surface area contributed by atoms with Crippen molar-refractivity contribution in [2.75, 3.05) is 12.0 Å². The van der Waals surface area contributed by atoms with Crippen molar-refractivity contribution in [2.24, 2.45) is 0 Å². The topological polar surface area (TPSA) is 41.6 Å². The third kappa shape index (κ3) is 3.47. The molecule has 146 valence electrons. The van der Waals surface area contributed by atoms with Gasteiger partial charge in [-0.25, -0.2) is 18.0 Å². The zero-order chi connectivity index (χ0) is 20.4. The first kappa shape index (κ1) is 19.9. The Morgan fingerprint density at radius 1 is 1.14 bits per heavy atom. The van der Waals surface area contributed by atoms with Gasteiger partial charge in [0.15, 0.2) is 5.11 Å². The van der Waals surface area contributed by atoms with Gasteiger partial charge in [0, 0.05) is 11.4 Å². The minimum Gasteiger partial charge on any atom is -0.466 e. The number of allylic oxidation sites excluding steroid dienone is 1. The molecule has 1 heterocycles. The summed E-state index contributed by atoms with van der Waals surface area (Å²) in [4.78, 5) is 14.1. The second-order valence-corrected chi connectivity index (χ2v) is 6.42. The lowest BCUT2D eigenvalue weighted by molar-refractivity contribution is -0.136. The van der Waals surface area contributed by atoms with Crippen molar-refractivity contribution in [3.63, 3.8) is 0 Å². The van der Waals surface area contributed by atoms with E-state index in [0.717, 1.165) is 12.1 Å². The number of anilines is 1. The molecule has 2 aromatic rings. The van der Waals surface area contributed by atoms with Gasteiger partial charge in [-0.05, 0) is 55.0 Å². The highest BCUT2D eigenvalue weighted by Crippen LogP contribution is 2.37. The van der Waals surface area contributed by atoms with E-state index in [0.29, 0.717) is 17.8 Å². The number of hydrogen-bond acceptors (Lipinski definition) is 3. The Hall–Kier alpha value is -2.87.